The number of piperazine rings is 1. The molecule has 0 amide bonds. The number of nitrogens with zero attached hydrogens (tertiary/aromatic N) is 5. The standard InChI is InChI=1S/C23H22N6O4S/c1-16-5-7-19(8-6-16)34(32,33)28-11-9-20-22(25-15-26-23(20)28)27-12-10-24-21(14-27)17-3-2-4-18(13-17)29(30)31/h2-9,11,13,15,21,24H,10,12,14H2,1H3/t21-/m0/s1. The number of hydrogen-bond acceptors (Lipinski definition) is 8. The fraction of sp³-hybridized carbons (Fsp3) is 0.217. The molecule has 4 aromatic rings. The number of nitro benzene ring substituents is 1. The topological polar surface area (TPSA) is 123 Å². The number of nitrogens with one attached hydrogen (secondary N) is 1. The highest BCUT2D eigenvalue weighted by molar-refractivity contribution is 7.90. The first-order valence-corrected chi connectivity index (χ1v) is 12.2. The van der Waals surface area contributed by atoms with Crippen LogP contribution >= 0.6 is 0 Å². The number of benzene rings is 2. The molecule has 2 aromatic heterocycles. The number of rotatable bonds is 5. The van der Waals surface area contributed by atoms with Crippen molar-refractivity contribution in [3.8, 4) is 0 Å². The first-order valence-electron chi connectivity index (χ1n) is 10.7. The number of aryl methyl sites for hydroxylation is 1. The van der Waals surface area contributed by atoms with E-state index in [1.807, 2.05) is 17.9 Å². The zero-order valence-corrected chi connectivity index (χ0v) is 19.1. The Labute approximate surface area is 196 Å². The van der Waals surface area contributed by atoms with E-state index < -0.39 is 14.9 Å². The van der Waals surface area contributed by atoms with Gasteiger partial charge in [0.25, 0.3) is 15.7 Å². The molecule has 1 saturated heterocycles. The second-order valence-corrected chi connectivity index (χ2v) is 9.98. The van der Waals surface area contributed by atoms with Crippen molar-refractivity contribution in [3.63, 3.8) is 0 Å². The maximum absolute atomic E-state index is 13.3. The number of nitro groups is 1. The molecule has 1 N–H and O–H groups in total. The van der Waals surface area contributed by atoms with E-state index >= 15 is 0 Å². The lowest BCUT2D eigenvalue weighted by Crippen LogP contribution is -2.46. The van der Waals surface area contributed by atoms with E-state index in [9.17, 15) is 18.5 Å². The normalized spacial score (nSPS) is 16.6. The van der Waals surface area contributed by atoms with Gasteiger partial charge in [0.1, 0.15) is 12.1 Å². The second-order valence-electron chi connectivity index (χ2n) is 8.17. The first-order chi connectivity index (χ1) is 16.3. The van der Waals surface area contributed by atoms with E-state index in [1.165, 1.54) is 22.6 Å². The number of anilines is 1. The molecule has 0 spiro atoms. The summed E-state index contributed by atoms with van der Waals surface area (Å²) in [5.41, 5.74) is 2.12. The highest BCUT2D eigenvalue weighted by Gasteiger charge is 2.26. The fourth-order valence-corrected chi connectivity index (χ4v) is 5.51. The average Bonchev–Trinajstić information content (AvgIpc) is 3.30. The van der Waals surface area contributed by atoms with Gasteiger partial charge in [-0.1, -0.05) is 29.8 Å². The van der Waals surface area contributed by atoms with Crippen LogP contribution in [0.5, 0.6) is 0 Å². The summed E-state index contributed by atoms with van der Waals surface area (Å²) in [4.78, 5) is 21.7. The first kappa shape index (κ1) is 22.0. The number of aromatic nitrogens is 3. The molecule has 174 valence electrons. The van der Waals surface area contributed by atoms with Gasteiger partial charge >= 0.3 is 0 Å². The van der Waals surface area contributed by atoms with Crippen molar-refractivity contribution < 1.29 is 13.3 Å². The molecular formula is C23H22N6O4S. The molecule has 11 heteroatoms. The highest BCUT2D eigenvalue weighted by atomic mass is 32.2. The number of non-ortho nitro benzene ring substituents is 1. The third-order valence-electron chi connectivity index (χ3n) is 5.96. The number of hydrogen-bond donors (Lipinski definition) is 1. The van der Waals surface area contributed by atoms with Gasteiger partial charge in [-0.15, -0.1) is 0 Å². The molecule has 5 rings (SSSR count). The summed E-state index contributed by atoms with van der Waals surface area (Å²) in [5.74, 6) is 0.625. The Morgan fingerprint density at radius 3 is 2.68 bits per heavy atom. The van der Waals surface area contributed by atoms with Crippen molar-refractivity contribution in [2.75, 3.05) is 24.5 Å². The maximum Gasteiger partial charge on any atom is 0.269 e. The Morgan fingerprint density at radius 1 is 1.12 bits per heavy atom. The van der Waals surface area contributed by atoms with E-state index in [1.54, 1.807) is 42.5 Å². The molecule has 0 unspecified atom stereocenters. The molecular weight excluding hydrogens is 456 g/mol. The quantitative estimate of drug-likeness (QED) is 0.343. The third-order valence-corrected chi connectivity index (χ3v) is 7.64. The summed E-state index contributed by atoms with van der Waals surface area (Å²) in [7, 11) is -3.82. The molecule has 3 heterocycles. The van der Waals surface area contributed by atoms with Crippen LogP contribution in [0.4, 0.5) is 11.5 Å². The average molecular weight is 479 g/mol. The van der Waals surface area contributed by atoms with Crippen molar-refractivity contribution in [3.05, 3.63) is 88.4 Å². The van der Waals surface area contributed by atoms with Crippen molar-refractivity contribution in [2.45, 2.75) is 17.9 Å². The van der Waals surface area contributed by atoms with E-state index in [4.69, 9.17) is 0 Å². The van der Waals surface area contributed by atoms with Crippen molar-refractivity contribution in [1.29, 1.82) is 0 Å². The van der Waals surface area contributed by atoms with Crippen molar-refractivity contribution in [2.24, 2.45) is 0 Å². The smallest absolute Gasteiger partial charge is 0.269 e. The van der Waals surface area contributed by atoms with Crippen LogP contribution in [0.2, 0.25) is 0 Å². The zero-order valence-electron chi connectivity index (χ0n) is 18.3. The summed E-state index contributed by atoms with van der Waals surface area (Å²) in [5, 5.41) is 15.2. The lowest BCUT2D eigenvalue weighted by molar-refractivity contribution is -0.384. The summed E-state index contributed by atoms with van der Waals surface area (Å²) >= 11 is 0. The SMILES string of the molecule is Cc1ccc(S(=O)(=O)n2ccc3c(N4CCN[C@H](c5cccc([N+](=O)[O-])c5)C4)ncnc32)cc1. The number of fused-ring (bicyclic) bond motifs is 1. The molecule has 1 fully saturated rings. The lowest BCUT2D eigenvalue weighted by atomic mass is 10.0. The molecule has 0 bridgehead atoms. The summed E-state index contributed by atoms with van der Waals surface area (Å²) < 4.78 is 27.7. The molecule has 0 aliphatic carbocycles. The second kappa shape index (κ2) is 8.50. The van der Waals surface area contributed by atoms with Gasteiger partial charge in [-0.2, -0.15) is 0 Å². The monoisotopic (exact) mass is 478 g/mol. The van der Waals surface area contributed by atoms with Gasteiger partial charge in [0.05, 0.1) is 21.2 Å². The van der Waals surface area contributed by atoms with Gasteiger partial charge in [0.15, 0.2) is 5.65 Å². The molecule has 10 nitrogen and oxygen atoms in total. The summed E-state index contributed by atoms with van der Waals surface area (Å²) in [6.45, 7) is 3.70. The van der Waals surface area contributed by atoms with Gasteiger partial charge in [-0.25, -0.2) is 22.4 Å². The van der Waals surface area contributed by atoms with Gasteiger partial charge in [0, 0.05) is 38.0 Å². The van der Waals surface area contributed by atoms with E-state index in [0.717, 1.165) is 11.1 Å². The lowest BCUT2D eigenvalue weighted by Gasteiger charge is -2.35. The van der Waals surface area contributed by atoms with Crippen LogP contribution in [0.3, 0.4) is 0 Å². The maximum atomic E-state index is 13.3. The van der Waals surface area contributed by atoms with Gasteiger partial charge in [0.2, 0.25) is 0 Å². The Hall–Kier alpha value is -3.83. The van der Waals surface area contributed by atoms with E-state index in [-0.39, 0.29) is 16.6 Å². The Morgan fingerprint density at radius 2 is 1.91 bits per heavy atom. The van der Waals surface area contributed by atoms with Gasteiger partial charge in [-0.05, 0) is 30.7 Å². The van der Waals surface area contributed by atoms with Crippen LogP contribution in [0, 0.1) is 17.0 Å². The van der Waals surface area contributed by atoms with E-state index in [0.29, 0.717) is 36.5 Å². The molecule has 1 atom stereocenters. The largest absolute Gasteiger partial charge is 0.353 e. The van der Waals surface area contributed by atoms with Crippen LogP contribution in [0.15, 0.2) is 72.0 Å². The molecule has 1 aliphatic heterocycles. The fourth-order valence-electron chi connectivity index (χ4n) is 4.21. The predicted octanol–water partition coefficient (Wildman–Crippen LogP) is 3.04. The van der Waals surface area contributed by atoms with Crippen LogP contribution in [0.25, 0.3) is 11.0 Å². The molecule has 34 heavy (non-hydrogen) atoms. The van der Waals surface area contributed by atoms with Crippen LogP contribution < -0.4 is 10.2 Å². The summed E-state index contributed by atoms with van der Waals surface area (Å²) in [6, 6.07) is 14.8. The van der Waals surface area contributed by atoms with Crippen LogP contribution in [-0.2, 0) is 10.0 Å². The molecule has 0 radical (unpaired) electrons. The summed E-state index contributed by atoms with van der Waals surface area (Å²) in [6.07, 6.45) is 2.86. The molecule has 1 aliphatic rings. The van der Waals surface area contributed by atoms with Gasteiger partial charge < -0.3 is 10.2 Å². The van der Waals surface area contributed by atoms with Crippen molar-refractivity contribution >= 4 is 32.6 Å². The third kappa shape index (κ3) is 3.88. The minimum Gasteiger partial charge on any atom is -0.353 e. The Kier molecular flexibility index (Phi) is 5.50. The minimum atomic E-state index is -3.82. The predicted molar refractivity (Wildman–Crippen MR) is 127 cm³/mol. The van der Waals surface area contributed by atoms with E-state index in [2.05, 4.69) is 15.3 Å². The van der Waals surface area contributed by atoms with Crippen LogP contribution in [0.1, 0.15) is 17.2 Å². The molecule has 2 aromatic carbocycles. The minimum absolute atomic E-state index is 0.0410. The van der Waals surface area contributed by atoms with Crippen LogP contribution in [-0.4, -0.2) is 46.9 Å². The Bertz CT molecular complexity index is 1480. The Balaban J connectivity index is 1.49. The zero-order chi connectivity index (χ0) is 23.9. The molecule has 0 saturated carbocycles. The van der Waals surface area contributed by atoms with Crippen molar-refractivity contribution in [1.82, 2.24) is 19.3 Å². The van der Waals surface area contributed by atoms with Gasteiger partial charge in [-0.3, -0.25) is 10.1 Å². The highest BCUT2D eigenvalue weighted by Crippen LogP contribution is 2.30.